The summed E-state index contributed by atoms with van der Waals surface area (Å²) in [5, 5.41) is 10.2. The molecule has 2 aromatic heterocycles. The lowest BCUT2D eigenvalue weighted by Gasteiger charge is -2.15. The van der Waals surface area contributed by atoms with Crippen molar-refractivity contribution < 1.29 is 5.11 Å². The van der Waals surface area contributed by atoms with Gasteiger partial charge in [-0.05, 0) is 37.7 Å². The topological polar surface area (TPSA) is 55.1 Å². The van der Waals surface area contributed by atoms with Gasteiger partial charge in [-0.2, -0.15) is 0 Å². The molecule has 1 N–H and O–H groups in total. The normalized spacial score (nSPS) is 16.5. The molecule has 102 valence electrons. The summed E-state index contributed by atoms with van der Waals surface area (Å²) >= 11 is 1.66. The molecule has 0 saturated heterocycles. The summed E-state index contributed by atoms with van der Waals surface area (Å²) in [7, 11) is 0. The molecule has 4 nitrogen and oxygen atoms in total. The first-order valence-electron chi connectivity index (χ1n) is 6.88. The molecule has 0 amide bonds. The van der Waals surface area contributed by atoms with Gasteiger partial charge in [-0.1, -0.05) is 6.92 Å². The van der Waals surface area contributed by atoms with Crippen LogP contribution in [0.15, 0.2) is 11.1 Å². The summed E-state index contributed by atoms with van der Waals surface area (Å²) in [4.78, 5) is 19.3. The Hall–Kier alpha value is -1.20. The Balaban J connectivity index is 2.23. The van der Waals surface area contributed by atoms with Gasteiger partial charge < -0.3 is 5.11 Å². The molecule has 0 radical (unpaired) electrons. The van der Waals surface area contributed by atoms with E-state index < -0.39 is 0 Å². The quantitative estimate of drug-likeness (QED) is 0.937. The molecular weight excluding hydrogens is 260 g/mol. The molecule has 2 heterocycles. The van der Waals surface area contributed by atoms with Gasteiger partial charge in [0.25, 0.3) is 5.56 Å². The zero-order valence-corrected chi connectivity index (χ0v) is 11.9. The Morgan fingerprint density at radius 1 is 1.47 bits per heavy atom. The molecular formula is C14H18N2O2S. The summed E-state index contributed by atoms with van der Waals surface area (Å²) in [5.41, 5.74) is 1.23. The first kappa shape index (κ1) is 12.8. The third-order valence-corrected chi connectivity index (χ3v) is 5.18. The van der Waals surface area contributed by atoms with Crippen LogP contribution in [0, 0.1) is 0 Å². The predicted molar refractivity (Wildman–Crippen MR) is 76.9 cm³/mol. The highest BCUT2D eigenvalue weighted by atomic mass is 32.1. The van der Waals surface area contributed by atoms with Gasteiger partial charge in [-0.15, -0.1) is 11.3 Å². The highest BCUT2D eigenvalue weighted by molar-refractivity contribution is 7.18. The Morgan fingerprint density at radius 3 is 3.00 bits per heavy atom. The second-order valence-corrected chi connectivity index (χ2v) is 6.18. The highest BCUT2D eigenvalue weighted by Crippen LogP contribution is 2.33. The van der Waals surface area contributed by atoms with E-state index in [4.69, 9.17) is 0 Å². The molecule has 3 rings (SSSR count). The van der Waals surface area contributed by atoms with E-state index >= 15 is 0 Å². The number of thiophene rings is 1. The van der Waals surface area contributed by atoms with Crippen molar-refractivity contribution in [2.45, 2.75) is 45.1 Å². The Labute approximate surface area is 115 Å². The van der Waals surface area contributed by atoms with Gasteiger partial charge in [-0.3, -0.25) is 9.36 Å². The number of aromatic nitrogens is 2. The van der Waals surface area contributed by atoms with E-state index in [1.54, 1.807) is 22.2 Å². The molecule has 19 heavy (non-hydrogen) atoms. The van der Waals surface area contributed by atoms with Crippen molar-refractivity contribution in [2.24, 2.45) is 0 Å². The largest absolute Gasteiger partial charge is 0.394 e. The number of hydrogen-bond donors (Lipinski definition) is 1. The molecule has 1 atom stereocenters. The average molecular weight is 278 g/mol. The van der Waals surface area contributed by atoms with Crippen molar-refractivity contribution in [3.8, 4) is 0 Å². The summed E-state index contributed by atoms with van der Waals surface area (Å²) in [5.74, 6) is 0. The van der Waals surface area contributed by atoms with E-state index in [1.807, 2.05) is 6.92 Å². The third kappa shape index (κ3) is 2.01. The molecule has 1 aliphatic carbocycles. The number of fused-ring (bicyclic) bond motifs is 3. The zero-order valence-electron chi connectivity index (χ0n) is 11.1. The minimum absolute atomic E-state index is 0.0179. The van der Waals surface area contributed by atoms with Crippen molar-refractivity contribution in [3.05, 3.63) is 27.1 Å². The monoisotopic (exact) mass is 278 g/mol. The number of nitrogens with zero attached hydrogens (tertiary/aromatic N) is 2. The van der Waals surface area contributed by atoms with Gasteiger partial charge in [0.05, 0.1) is 24.4 Å². The second kappa shape index (κ2) is 5.06. The van der Waals surface area contributed by atoms with Crippen molar-refractivity contribution in [3.63, 3.8) is 0 Å². The molecule has 0 aliphatic heterocycles. The van der Waals surface area contributed by atoms with E-state index in [2.05, 4.69) is 4.98 Å². The average Bonchev–Trinajstić information content (AvgIpc) is 2.81. The van der Waals surface area contributed by atoms with E-state index in [0.717, 1.165) is 35.9 Å². The third-order valence-electron chi connectivity index (χ3n) is 3.98. The lowest BCUT2D eigenvalue weighted by molar-refractivity contribution is 0.221. The lowest BCUT2D eigenvalue weighted by atomic mass is 9.97. The van der Waals surface area contributed by atoms with E-state index in [-0.39, 0.29) is 18.2 Å². The second-order valence-electron chi connectivity index (χ2n) is 5.09. The van der Waals surface area contributed by atoms with Crippen LogP contribution in [0.1, 0.15) is 42.7 Å². The predicted octanol–water partition coefficient (Wildman–Crippen LogP) is 2.28. The molecule has 0 spiro atoms. The van der Waals surface area contributed by atoms with Gasteiger partial charge in [0.15, 0.2) is 0 Å². The standard InChI is InChI=1S/C14H18N2O2S/c1-2-9(7-17)16-8-15-13-12(14(16)18)10-5-3-4-6-11(10)19-13/h8-9,17H,2-7H2,1H3/t9-/m1/s1. The Kier molecular flexibility index (Phi) is 3.41. The number of hydrogen-bond acceptors (Lipinski definition) is 4. The van der Waals surface area contributed by atoms with Crippen LogP contribution in [0.4, 0.5) is 0 Å². The fourth-order valence-electron chi connectivity index (χ4n) is 2.83. The molecule has 2 aromatic rings. The maximum atomic E-state index is 12.6. The molecule has 0 aromatic carbocycles. The number of rotatable bonds is 3. The summed E-state index contributed by atoms with van der Waals surface area (Å²) in [6.45, 7) is 1.95. The Bertz CT molecular complexity index is 655. The molecule has 1 aliphatic rings. The van der Waals surface area contributed by atoms with Crippen LogP contribution in [0.3, 0.4) is 0 Å². The van der Waals surface area contributed by atoms with Crippen molar-refractivity contribution in [1.29, 1.82) is 0 Å². The Morgan fingerprint density at radius 2 is 2.26 bits per heavy atom. The van der Waals surface area contributed by atoms with Crippen LogP contribution >= 0.6 is 11.3 Å². The van der Waals surface area contributed by atoms with Crippen molar-refractivity contribution >= 4 is 21.6 Å². The van der Waals surface area contributed by atoms with Gasteiger partial charge in [-0.25, -0.2) is 4.98 Å². The number of aryl methyl sites for hydroxylation is 2. The van der Waals surface area contributed by atoms with Crippen LogP contribution < -0.4 is 5.56 Å². The number of aliphatic hydroxyl groups is 1. The van der Waals surface area contributed by atoms with Gasteiger partial charge in [0.2, 0.25) is 0 Å². The van der Waals surface area contributed by atoms with Crippen LogP contribution in [-0.4, -0.2) is 21.3 Å². The summed E-state index contributed by atoms with van der Waals surface area (Å²) in [6.07, 6.45) is 6.76. The van der Waals surface area contributed by atoms with E-state index in [1.165, 1.54) is 16.9 Å². The minimum atomic E-state index is -0.163. The first-order chi connectivity index (χ1) is 9.26. The smallest absolute Gasteiger partial charge is 0.262 e. The molecule has 5 heteroatoms. The summed E-state index contributed by atoms with van der Waals surface area (Å²) < 4.78 is 1.60. The zero-order chi connectivity index (χ0) is 13.4. The first-order valence-corrected chi connectivity index (χ1v) is 7.70. The van der Waals surface area contributed by atoms with E-state index in [0.29, 0.717) is 0 Å². The van der Waals surface area contributed by atoms with Crippen molar-refractivity contribution in [2.75, 3.05) is 6.61 Å². The van der Waals surface area contributed by atoms with Gasteiger partial charge in [0.1, 0.15) is 4.83 Å². The van der Waals surface area contributed by atoms with Crippen LogP contribution in [0.5, 0.6) is 0 Å². The molecule has 0 bridgehead atoms. The van der Waals surface area contributed by atoms with E-state index in [9.17, 15) is 9.90 Å². The molecule has 0 fully saturated rings. The fourth-order valence-corrected chi connectivity index (χ4v) is 4.05. The molecule has 0 unspecified atom stereocenters. The summed E-state index contributed by atoms with van der Waals surface area (Å²) in [6, 6.07) is -0.163. The van der Waals surface area contributed by atoms with Gasteiger partial charge in [0, 0.05) is 4.88 Å². The SMILES string of the molecule is CC[C@H](CO)n1cnc2sc3c(c2c1=O)CCCC3. The number of aliphatic hydroxyl groups excluding tert-OH is 1. The van der Waals surface area contributed by atoms with Gasteiger partial charge >= 0.3 is 0 Å². The highest BCUT2D eigenvalue weighted by Gasteiger charge is 2.21. The minimum Gasteiger partial charge on any atom is -0.394 e. The van der Waals surface area contributed by atoms with Crippen molar-refractivity contribution in [1.82, 2.24) is 9.55 Å². The van der Waals surface area contributed by atoms with Crippen LogP contribution in [-0.2, 0) is 12.8 Å². The molecule has 0 saturated carbocycles. The van der Waals surface area contributed by atoms with Crippen LogP contribution in [0.25, 0.3) is 10.2 Å². The lowest BCUT2D eigenvalue weighted by Crippen LogP contribution is -2.27. The maximum Gasteiger partial charge on any atom is 0.262 e. The van der Waals surface area contributed by atoms with Crippen LogP contribution in [0.2, 0.25) is 0 Å². The fraction of sp³-hybridized carbons (Fsp3) is 0.571. The maximum absolute atomic E-state index is 12.6.